The van der Waals surface area contributed by atoms with E-state index in [1.54, 1.807) is 0 Å². The molecule has 1 aliphatic rings. The molecule has 1 aliphatic carbocycles. The lowest BCUT2D eigenvalue weighted by Gasteiger charge is -2.15. The van der Waals surface area contributed by atoms with Gasteiger partial charge in [0.05, 0.1) is 10.9 Å². The maximum Gasteiger partial charge on any atom is 0.416 e. The molecule has 0 radical (unpaired) electrons. The molecule has 0 spiro atoms. The Balaban J connectivity index is 2.29. The second-order valence-corrected chi connectivity index (χ2v) is 4.75. The van der Waals surface area contributed by atoms with Crippen LogP contribution in [0.25, 0.3) is 11.0 Å². The van der Waals surface area contributed by atoms with Crippen LogP contribution in [-0.2, 0) is 19.0 Å². The van der Waals surface area contributed by atoms with E-state index in [0.717, 1.165) is 25.0 Å². The maximum absolute atomic E-state index is 12.7. The molecular weight excluding hydrogens is 257 g/mol. The fraction of sp³-hybridized carbons (Fsp3) is 0.357. The minimum absolute atomic E-state index is 0.0236. The highest BCUT2D eigenvalue weighted by atomic mass is 19.4. The van der Waals surface area contributed by atoms with Gasteiger partial charge in [0.1, 0.15) is 11.3 Å². The third-order valence-electron chi connectivity index (χ3n) is 3.48. The molecular formula is C14H11F3O2. The van der Waals surface area contributed by atoms with Gasteiger partial charge >= 0.3 is 6.18 Å². The largest absolute Gasteiger partial charge is 0.461 e. The Morgan fingerprint density at radius 2 is 1.84 bits per heavy atom. The second kappa shape index (κ2) is 4.11. The van der Waals surface area contributed by atoms with Crippen LogP contribution in [0, 0.1) is 0 Å². The number of fused-ring (bicyclic) bond motifs is 2. The van der Waals surface area contributed by atoms with E-state index in [9.17, 15) is 18.0 Å². The molecule has 0 saturated carbocycles. The first-order valence-corrected chi connectivity index (χ1v) is 6.12. The van der Waals surface area contributed by atoms with Crippen LogP contribution < -0.4 is 5.43 Å². The van der Waals surface area contributed by atoms with Crippen molar-refractivity contribution in [1.29, 1.82) is 0 Å². The Morgan fingerprint density at radius 3 is 2.58 bits per heavy atom. The van der Waals surface area contributed by atoms with Crippen LogP contribution in [0.2, 0.25) is 0 Å². The van der Waals surface area contributed by atoms with Crippen LogP contribution in [0.5, 0.6) is 0 Å². The van der Waals surface area contributed by atoms with Gasteiger partial charge in [0.15, 0.2) is 5.43 Å². The molecule has 0 atom stereocenters. The fourth-order valence-corrected chi connectivity index (χ4v) is 2.50. The van der Waals surface area contributed by atoms with Gasteiger partial charge in [-0.2, -0.15) is 13.2 Å². The Kier molecular flexibility index (Phi) is 2.66. The first-order chi connectivity index (χ1) is 8.97. The molecule has 19 heavy (non-hydrogen) atoms. The Hall–Kier alpha value is -1.78. The summed E-state index contributed by atoms with van der Waals surface area (Å²) in [5.74, 6) is 0.628. The smallest absolute Gasteiger partial charge is 0.416 e. The van der Waals surface area contributed by atoms with Crippen molar-refractivity contribution in [2.75, 3.05) is 0 Å². The van der Waals surface area contributed by atoms with Gasteiger partial charge in [0.2, 0.25) is 0 Å². The summed E-state index contributed by atoms with van der Waals surface area (Å²) in [4.78, 5) is 12.2. The number of halogens is 3. The highest BCUT2D eigenvalue weighted by molar-refractivity contribution is 5.78. The molecule has 1 aromatic heterocycles. The van der Waals surface area contributed by atoms with E-state index in [1.807, 2.05) is 0 Å². The molecule has 0 fully saturated rings. The number of aryl methyl sites for hydroxylation is 1. The molecule has 100 valence electrons. The third kappa shape index (κ3) is 2.03. The average Bonchev–Trinajstić information content (AvgIpc) is 2.37. The molecule has 0 unspecified atom stereocenters. The van der Waals surface area contributed by atoms with Gasteiger partial charge in [0, 0.05) is 12.0 Å². The normalized spacial score (nSPS) is 15.5. The summed E-state index contributed by atoms with van der Waals surface area (Å²) >= 11 is 0. The number of hydrogen-bond donors (Lipinski definition) is 0. The summed E-state index contributed by atoms with van der Waals surface area (Å²) in [6.07, 6.45) is -1.35. The van der Waals surface area contributed by atoms with Gasteiger partial charge in [-0.05, 0) is 37.5 Å². The summed E-state index contributed by atoms with van der Waals surface area (Å²) in [5.41, 5.74) is -0.359. The van der Waals surface area contributed by atoms with Crippen LogP contribution in [0.1, 0.15) is 29.7 Å². The molecule has 0 aliphatic heterocycles. The molecule has 1 aromatic carbocycles. The molecule has 0 N–H and O–H groups in total. The molecule has 2 nitrogen and oxygen atoms in total. The second-order valence-electron chi connectivity index (χ2n) is 4.75. The van der Waals surface area contributed by atoms with Crippen molar-refractivity contribution in [2.24, 2.45) is 0 Å². The molecule has 1 heterocycles. The number of rotatable bonds is 0. The Bertz CT molecular complexity index is 698. The molecule has 2 aromatic rings. The standard InChI is InChI=1S/C14H11F3O2/c15-14(16,17)8-5-6-12-10(7-8)13(18)9-3-1-2-4-11(9)19-12/h5-7H,1-4H2. The van der Waals surface area contributed by atoms with Gasteiger partial charge < -0.3 is 4.42 Å². The van der Waals surface area contributed by atoms with Crippen LogP contribution >= 0.6 is 0 Å². The first kappa shape index (κ1) is 12.3. The number of alkyl halides is 3. The van der Waals surface area contributed by atoms with Crippen molar-refractivity contribution >= 4 is 11.0 Å². The van der Waals surface area contributed by atoms with E-state index in [4.69, 9.17) is 4.42 Å². The summed E-state index contributed by atoms with van der Waals surface area (Å²) in [6.45, 7) is 0. The van der Waals surface area contributed by atoms with Gasteiger partial charge in [-0.15, -0.1) is 0 Å². The number of hydrogen-bond acceptors (Lipinski definition) is 2. The predicted octanol–water partition coefficient (Wildman–Crippen LogP) is 3.69. The lowest BCUT2D eigenvalue weighted by Crippen LogP contribution is -2.17. The van der Waals surface area contributed by atoms with E-state index in [0.29, 0.717) is 24.2 Å². The quantitative estimate of drug-likeness (QED) is 0.729. The molecule has 5 heteroatoms. The summed E-state index contributed by atoms with van der Waals surface area (Å²) in [6, 6.07) is 3.06. The van der Waals surface area contributed by atoms with Crippen molar-refractivity contribution in [3.05, 3.63) is 45.3 Å². The summed E-state index contributed by atoms with van der Waals surface area (Å²) in [7, 11) is 0. The van der Waals surface area contributed by atoms with Crippen LogP contribution in [-0.4, -0.2) is 0 Å². The molecule has 0 bridgehead atoms. The van der Waals surface area contributed by atoms with E-state index >= 15 is 0 Å². The highest BCUT2D eigenvalue weighted by Crippen LogP contribution is 2.31. The molecule has 3 rings (SSSR count). The lowest BCUT2D eigenvalue weighted by atomic mass is 9.95. The van der Waals surface area contributed by atoms with Gasteiger partial charge in [-0.3, -0.25) is 4.79 Å². The predicted molar refractivity (Wildman–Crippen MR) is 64.1 cm³/mol. The van der Waals surface area contributed by atoms with E-state index < -0.39 is 11.7 Å². The van der Waals surface area contributed by atoms with Gasteiger partial charge in [-0.25, -0.2) is 0 Å². The van der Waals surface area contributed by atoms with E-state index in [1.165, 1.54) is 6.07 Å². The third-order valence-corrected chi connectivity index (χ3v) is 3.48. The molecule has 0 saturated heterocycles. The molecule has 0 amide bonds. The minimum Gasteiger partial charge on any atom is -0.461 e. The zero-order chi connectivity index (χ0) is 13.6. The van der Waals surface area contributed by atoms with Crippen molar-refractivity contribution in [1.82, 2.24) is 0 Å². The highest BCUT2D eigenvalue weighted by Gasteiger charge is 2.31. The topological polar surface area (TPSA) is 30.2 Å². The fourth-order valence-electron chi connectivity index (χ4n) is 2.50. The Labute approximate surface area is 106 Å². The van der Waals surface area contributed by atoms with Crippen molar-refractivity contribution in [3.8, 4) is 0 Å². The van der Waals surface area contributed by atoms with Crippen LogP contribution in [0.15, 0.2) is 27.4 Å². The van der Waals surface area contributed by atoms with Crippen molar-refractivity contribution in [3.63, 3.8) is 0 Å². The van der Waals surface area contributed by atoms with Gasteiger partial charge in [-0.1, -0.05) is 0 Å². The average molecular weight is 268 g/mol. The zero-order valence-electron chi connectivity index (χ0n) is 10.0. The van der Waals surface area contributed by atoms with Crippen molar-refractivity contribution in [2.45, 2.75) is 31.9 Å². The van der Waals surface area contributed by atoms with E-state index in [-0.39, 0.29) is 16.4 Å². The minimum atomic E-state index is -4.45. The zero-order valence-corrected chi connectivity index (χ0v) is 10.0. The maximum atomic E-state index is 12.7. The van der Waals surface area contributed by atoms with Gasteiger partial charge in [0.25, 0.3) is 0 Å². The van der Waals surface area contributed by atoms with Crippen LogP contribution in [0.3, 0.4) is 0 Å². The van der Waals surface area contributed by atoms with Crippen molar-refractivity contribution < 1.29 is 17.6 Å². The monoisotopic (exact) mass is 268 g/mol. The SMILES string of the molecule is O=c1c2c(oc3ccc(C(F)(F)F)cc13)CCCC2. The lowest BCUT2D eigenvalue weighted by molar-refractivity contribution is -0.137. The van der Waals surface area contributed by atoms with Crippen LogP contribution in [0.4, 0.5) is 13.2 Å². The first-order valence-electron chi connectivity index (χ1n) is 6.12. The number of benzene rings is 1. The summed E-state index contributed by atoms with van der Waals surface area (Å²) in [5, 5.41) is 0.0236. The Morgan fingerprint density at radius 1 is 1.11 bits per heavy atom. The summed E-state index contributed by atoms with van der Waals surface area (Å²) < 4.78 is 43.5. The van der Waals surface area contributed by atoms with E-state index in [2.05, 4.69) is 0 Å².